The van der Waals surface area contributed by atoms with Gasteiger partial charge in [-0.2, -0.15) is 0 Å². The van der Waals surface area contributed by atoms with E-state index in [0.29, 0.717) is 0 Å². The van der Waals surface area contributed by atoms with Gasteiger partial charge in [-0.1, -0.05) is 29.8 Å². The number of rotatable bonds is 4. The number of H-pyrrole nitrogens is 1. The number of carbonyl (C=O) groups is 2. The highest BCUT2D eigenvalue weighted by Gasteiger charge is 2.24. The van der Waals surface area contributed by atoms with Crippen LogP contribution in [0.5, 0.6) is 0 Å². The van der Waals surface area contributed by atoms with Crippen molar-refractivity contribution in [2.24, 2.45) is 0 Å². The Kier molecular flexibility index (Phi) is 4.39. The first-order valence-corrected chi connectivity index (χ1v) is 6.33. The predicted molar refractivity (Wildman–Crippen MR) is 76.4 cm³/mol. The predicted octanol–water partition coefficient (Wildman–Crippen LogP) is 1.58. The zero-order chi connectivity index (χ0) is 15.4. The largest absolute Gasteiger partial charge is 0.479 e. The molecule has 0 radical (unpaired) electrons. The Morgan fingerprint density at radius 3 is 2.57 bits per heavy atom. The number of carbonyl (C=O) groups excluding carboxylic acids is 1. The third-order valence-electron chi connectivity index (χ3n) is 2.78. The van der Waals surface area contributed by atoms with E-state index in [2.05, 4.69) is 10.3 Å². The van der Waals surface area contributed by atoms with E-state index in [4.69, 9.17) is 11.6 Å². The van der Waals surface area contributed by atoms with E-state index in [0.717, 1.165) is 6.07 Å². The summed E-state index contributed by atoms with van der Waals surface area (Å²) in [6, 6.07) is 7.49. The smallest absolute Gasteiger partial charge is 0.330 e. The van der Waals surface area contributed by atoms with Crippen LogP contribution in [0.1, 0.15) is 22.0 Å². The topological polar surface area (TPSA) is 99.3 Å². The maximum Gasteiger partial charge on any atom is 0.330 e. The minimum absolute atomic E-state index is 0.0667. The first kappa shape index (κ1) is 14.8. The van der Waals surface area contributed by atoms with Crippen molar-refractivity contribution in [1.82, 2.24) is 10.3 Å². The normalized spacial score (nSPS) is 11.7. The lowest BCUT2D eigenvalue weighted by atomic mass is 10.1. The van der Waals surface area contributed by atoms with Crippen molar-refractivity contribution in [3.05, 3.63) is 69.1 Å². The van der Waals surface area contributed by atoms with Gasteiger partial charge in [-0.25, -0.2) is 4.79 Å². The number of halogens is 1. The second-order valence-electron chi connectivity index (χ2n) is 4.21. The molecule has 0 aliphatic carbocycles. The van der Waals surface area contributed by atoms with Gasteiger partial charge >= 0.3 is 5.97 Å². The van der Waals surface area contributed by atoms with E-state index in [1.807, 2.05) is 0 Å². The number of carboxylic acids is 1. The Bertz CT molecular complexity index is 742. The van der Waals surface area contributed by atoms with Crippen molar-refractivity contribution in [2.75, 3.05) is 0 Å². The molecule has 0 unspecified atom stereocenters. The molecule has 0 aliphatic rings. The average Bonchev–Trinajstić information content (AvgIpc) is 2.45. The Morgan fingerprint density at radius 2 is 1.95 bits per heavy atom. The molecule has 1 amide bonds. The number of hydrogen-bond acceptors (Lipinski definition) is 3. The quantitative estimate of drug-likeness (QED) is 0.798. The molecule has 0 fully saturated rings. The van der Waals surface area contributed by atoms with Crippen molar-refractivity contribution in [3.8, 4) is 0 Å². The average molecular weight is 307 g/mol. The van der Waals surface area contributed by atoms with Crippen molar-refractivity contribution < 1.29 is 14.7 Å². The number of aromatic amines is 1. The molecular formula is C14H11ClN2O4. The van der Waals surface area contributed by atoms with E-state index >= 15 is 0 Å². The summed E-state index contributed by atoms with van der Waals surface area (Å²) in [5, 5.41) is 11.8. The van der Waals surface area contributed by atoms with Crippen LogP contribution < -0.4 is 10.9 Å². The van der Waals surface area contributed by atoms with Crippen molar-refractivity contribution in [1.29, 1.82) is 0 Å². The van der Waals surface area contributed by atoms with Gasteiger partial charge in [0.25, 0.3) is 5.91 Å². The van der Waals surface area contributed by atoms with Crippen molar-refractivity contribution in [3.63, 3.8) is 0 Å². The van der Waals surface area contributed by atoms with Crippen molar-refractivity contribution in [2.45, 2.75) is 6.04 Å². The summed E-state index contributed by atoms with van der Waals surface area (Å²) in [6.07, 6.45) is 1.31. The first-order valence-electron chi connectivity index (χ1n) is 5.96. The lowest BCUT2D eigenvalue weighted by molar-refractivity contribution is -0.139. The number of carboxylic acid groups (broad SMARTS) is 1. The van der Waals surface area contributed by atoms with Gasteiger partial charge < -0.3 is 15.4 Å². The summed E-state index contributed by atoms with van der Waals surface area (Å²) in [5.41, 5.74) is -0.117. The van der Waals surface area contributed by atoms with Crippen LogP contribution in [0, 0.1) is 0 Å². The van der Waals surface area contributed by atoms with Crippen LogP contribution >= 0.6 is 11.6 Å². The lowest BCUT2D eigenvalue weighted by Gasteiger charge is -2.16. The molecule has 0 saturated heterocycles. The molecule has 7 heteroatoms. The Morgan fingerprint density at radius 1 is 1.24 bits per heavy atom. The molecular weight excluding hydrogens is 296 g/mol. The molecule has 0 spiro atoms. The van der Waals surface area contributed by atoms with Crippen molar-refractivity contribution >= 4 is 23.5 Å². The molecule has 1 aromatic carbocycles. The molecule has 21 heavy (non-hydrogen) atoms. The maximum absolute atomic E-state index is 12.0. The Balaban J connectivity index is 2.29. The SMILES string of the molecule is O=C(N[C@@H](C(=O)O)c1ccccc1Cl)c1cc[nH]c(=O)c1. The van der Waals surface area contributed by atoms with Gasteiger partial charge in [0.05, 0.1) is 0 Å². The molecule has 2 aromatic rings. The maximum atomic E-state index is 12.0. The molecule has 3 N–H and O–H groups in total. The van der Waals surface area contributed by atoms with Crippen LogP contribution in [-0.4, -0.2) is 22.0 Å². The highest BCUT2D eigenvalue weighted by Crippen LogP contribution is 2.23. The highest BCUT2D eigenvalue weighted by atomic mass is 35.5. The fraction of sp³-hybridized carbons (Fsp3) is 0.0714. The standard InChI is InChI=1S/C14H11ClN2O4/c15-10-4-2-1-3-9(10)12(14(20)21)17-13(19)8-5-6-16-11(18)7-8/h1-7,12H,(H,16,18)(H,17,19)(H,20,21)/t12-/m1/s1. The number of aromatic nitrogens is 1. The summed E-state index contributed by atoms with van der Waals surface area (Å²) >= 11 is 5.95. The number of pyridine rings is 1. The number of hydrogen-bond donors (Lipinski definition) is 3. The second kappa shape index (κ2) is 6.23. The highest BCUT2D eigenvalue weighted by molar-refractivity contribution is 6.31. The zero-order valence-corrected chi connectivity index (χ0v) is 11.4. The second-order valence-corrected chi connectivity index (χ2v) is 4.62. The van der Waals surface area contributed by atoms with Crippen LogP contribution in [0.25, 0.3) is 0 Å². The number of amides is 1. The first-order chi connectivity index (χ1) is 9.99. The van der Waals surface area contributed by atoms with E-state index in [-0.39, 0.29) is 16.1 Å². The number of benzene rings is 1. The number of aliphatic carboxylic acids is 1. The summed E-state index contributed by atoms with van der Waals surface area (Å²) in [4.78, 5) is 36.9. The molecule has 1 atom stereocenters. The molecule has 0 aliphatic heterocycles. The minimum Gasteiger partial charge on any atom is -0.479 e. The van der Waals surface area contributed by atoms with E-state index < -0.39 is 23.5 Å². The Labute approximate surface area is 124 Å². The molecule has 0 saturated carbocycles. The van der Waals surface area contributed by atoms with Gasteiger partial charge in [-0.15, -0.1) is 0 Å². The van der Waals surface area contributed by atoms with Crippen LogP contribution in [0.15, 0.2) is 47.4 Å². The van der Waals surface area contributed by atoms with Crippen LogP contribution in [-0.2, 0) is 4.79 Å². The molecule has 1 heterocycles. The zero-order valence-electron chi connectivity index (χ0n) is 10.7. The fourth-order valence-corrected chi connectivity index (χ4v) is 2.03. The van der Waals surface area contributed by atoms with E-state index in [1.165, 1.54) is 24.4 Å². The monoisotopic (exact) mass is 306 g/mol. The summed E-state index contributed by atoms with van der Waals surface area (Å²) in [5.74, 6) is -1.92. The van der Waals surface area contributed by atoms with E-state index in [1.54, 1.807) is 12.1 Å². The molecule has 6 nitrogen and oxygen atoms in total. The third-order valence-corrected chi connectivity index (χ3v) is 3.12. The van der Waals surface area contributed by atoms with Gasteiger partial charge in [0.15, 0.2) is 6.04 Å². The molecule has 1 aromatic heterocycles. The van der Waals surface area contributed by atoms with Gasteiger partial charge in [0.1, 0.15) is 0 Å². The van der Waals surface area contributed by atoms with E-state index in [9.17, 15) is 19.5 Å². The van der Waals surface area contributed by atoms with Gasteiger partial charge in [-0.05, 0) is 12.1 Å². The Hall–Kier alpha value is -2.60. The molecule has 108 valence electrons. The minimum atomic E-state index is -1.30. The lowest BCUT2D eigenvalue weighted by Crippen LogP contribution is -2.34. The number of nitrogens with one attached hydrogen (secondary N) is 2. The fourth-order valence-electron chi connectivity index (χ4n) is 1.78. The van der Waals surface area contributed by atoms with Crippen LogP contribution in [0.3, 0.4) is 0 Å². The molecule has 2 rings (SSSR count). The molecule has 0 bridgehead atoms. The van der Waals surface area contributed by atoms with Gasteiger partial charge in [-0.3, -0.25) is 9.59 Å². The van der Waals surface area contributed by atoms with Crippen LogP contribution in [0.4, 0.5) is 0 Å². The summed E-state index contributed by atoms with van der Waals surface area (Å²) in [6.45, 7) is 0. The summed E-state index contributed by atoms with van der Waals surface area (Å²) < 4.78 is 0. The third kappa shape index (κ3) is 3.49. The summed E-state index contributed by atoms with van der Waals surface area (Å²) in [7, 11) is 0. The van der Waals surface area contributed by atoms with Gasteiger partial charge in [0, 0.05) is 28.4 Å². The van der Waals surface area contributed by atoms with Gasteiger partial charge in [0.2, 0.25) is 5.56 Å². The van der Waals surface area contributed by atoms with Crippen LogP contribution in [0.2, 0.25) is 5.02 Å².